The van der Waals surface area contributed by atoms with Gasteiger partial charge in [0.1, 0.15) is 5.82 Å². The van der Waals surface area contributed by atoms with Crippen molar-refractivity contribution in [1.82, 2.24) is 14.5 Å². The molecule has 2 aromatic rings. The topological polar surface area (TPSA) is 47.1 Å². The summed E-state index contributed by atoms with van der Waals surface area (Å²) in [6.07, 6.45) is 0. The Bertz CT molecular complexity index is 590. The number of aryl methyl sites for hydroxylation is 2. The van der Waals surface area contributed by atoms with Gasteiger partial charge in [0.2, 0.25) is 0 Å². The first-order valence-corrected chi connectivity index (χ1v) is 6.60. The van der Waals surface area contributed by atoms with Crippen molar-refractivity contribution >= 4 is 11.0 Å². The molecule has 2 rings (SSSR count). The zero-order valence-corrected chi connectivity index (χ0v) is 12.7. The Morgan fingerprint density at radius 1 is 1.32 bits per heavy atom. The van der Waals surface area contributed by atoms with Gasteiger partial charge in [-0.3, -0.25) is 0 Å². The number of rotatable bonds is 3. The highest BCUT2D eigenvalue weighted by molar-refractivity contribution is 5.77. The summed E-state index contributed by atoms with van der Waals surface area (Å²) in [7, 11) is 6.17. The molecule has 0 fully saturated rings. The molecule has 0 radical (unpaired) electrons. The normalized spacial score (nSPS) is 14.3. The highest BCUT2D eigenvalue weighted by atomic mass is 15.1. The van der Waals surface area contributed by atoms with Crippen molar-refractivity contribution in [2.45, 2.75) is 32.4 Å². The largest absolute Gasteiger partial charge is 0.331 e. The molecule has 1 unspecified atom stereocenters. The lowest BCUT2D eigenvalue weighted by molar-refractivity contribution is 0.205. The number of nitrogens with zero attached hydrogens (tertiary/aromatic N) is 3. The Morgan fingerprint density at radius 3 is 2.47 bits per heavy atom. The smallest absolute Gasteiger partial charge is 0.106 e. The van der Waals surface area contributed by atoms with Crippen LogP contribution in [0.2, 0.25) is 0 Å². The Morgan fingerprint density at radius 2 is 1.95 bits per heavy atom. The Balaban J connectivity index is 2.56. The monoisotopic (exact) mass is 260 g/mol. The predicted octanol–water partition coefficient (Wildman–Crippen LogP) is 2.22. The van der Waals surface area contributed by atoms with E-state index in [1.807, 2.05) is 14.0 Å². The molecular formula is C15H24N4. The molecule has 0 saturated heterocycles. The molecule has 2 N–H and O–H groups in total. The van der Waals surface area contributed by atoms with E-state index in [0.29, 0.717) is 0 Å². The average molecular weight is 260 g/mol. The van der Waals surface area contributed by atoms with Gasteiger partial charge in [-0.15, -0.1) is 0 Å². The lowest BCUT2D eigenvalue weighted by atomic mass is 9.88. The third-order valence-electron chi connectivity index (χ3n) is 3.67. The van der Waals surface area contributed by atoms with E-state index in [4.69, 9.17) is 5.73 Å². The molecule has 1 aromatic heterocycles. The van der Waals surface area contributed by atoms with E-state index < -0.39 is 0 Å². The van der Waals surface area contributed by atoms with Gasteiger partial charge in [-0.25, -0.2) is 4.98 Å². The van der Waals surface area contributed by atoms with E-state index >= 15 is 0 Å². The average Bonchev–Trinajstić information content (AvgIpc) is 2.52. The number of hydrogen-bond acceptors (Lipinski definition) is 3. The first-order chi connectivity index (χ1) is 8.71. The van der Waals surface area contributed by atoms with Crippen molar-refractivity contribution in [1.29, 1.82) is 0 Å². The molecule has 0 amide bonds. The van der Waals surface area contributed by atoms with E-state index in [9.17, 15) is 0 Å². The van der Waals surface area contributed by atoms with Gasteiger partial charge >= 0.3 is 0 Å². The Labute approximate surface area is 115 Å². The van der Waals surface area contributed by atoms with Crippen molar-refractivity contribution in [3.05, 3.63) is 29.6 Å². The Hall–Kier alpha value is -1.39. The summed E-state index contributed by atoms with van der Waals surface area (Å²) in [5.41, 5.74) is 9.43. The molecule has 19 heavy (non-hydrogen) atoms. The zero-order valence-electron chi connectivity index (χ0n) is 12.7. The minimum Gasteiger partial charge on any atom is -0.331 e. The number of benzene rings is 1. The van der Waals surface area contributed by atoms with Gasteiger partial charge < -0.3 is 15.2 Å². The first kappa shape index (κ1) is 14.0. The van der Waals surface area contributed by atoms with Crippen LogP contribution in [0.25, 0.3) is 11.0 Å². The van der Waals surface area contributed by atoms with Crippen LogP contribution in [0.15, 0.2) is 18.2 Å². The van der Waals surface area contributed by atoms with Crippen LogP contribution in [-0.4, -0.2) is 34.1 Å². The molecule has 1 aromatic carbocycles. The second kappa shape index (κ2) is 4.62. The number of aromatic nitrogens is 2. The van der Waals surface area contributed by atoms with E-state index in [2.05, 4.69) is 60.6 Å². The van der Waals surface area contributed by atoms with Gasteiger partial charge in [0.05, 0.1) is 17.1 Å². The van der Waals surface area contributed by atoms with Gasteiger partial charge in [0, 0.05) is 12.6 Å². The molecule has 0 aliphatic carbocycles. The molecule has 1 atom stereocenters. The van der Waals surface area contributed by atoms with Crippen LogP contribution in [0.1, 0.15) is 31.3 Å². The lowest BCUT2D eigenvalue weighted by Crippen LogP contribution is -2.45. The molecule has 0 bridgehead atoms. The minimum atomic E-state index is -0.305. The molecule has 4 nitrogen and oxygen atoms in total. The molecule has 0 aliphatic rings. The van der Waals surface area contributed by atoms with Crippen molar-refractivity contribution in [2.24, 2.45) is 12.8 Å². The number of likely N-dealkylation sites (N-methyl/N-ethyl adjacent to an activating group) is 1. The minimum absolute atomic E-state index is 0.166. The van der Waals surface area contributed by atoms with Crippen LogP contribution in [0.3, 0.4) is 0 Å². The van der Waals surface area contributed by atoms with Crippen molar-refractivity contribution in [3.63, 3.8) is 0 Å². The molecule has 4 heteroatoms. The fourth-order valence-corrected chi connectivity index (χ4v) is 2.90. The summed E-state index contributed by atoms with van der Waals surface area (Å²) in [4.78, 5) is 6.76. The Kier molecular flexibility index (Phi) is 3.41. The van der Waals surface area contributed by atoms with Gasteiger partial charge in [0.25, 0.3) is 0 Å². The number of imidazole rings is 1. The maximum absolute atomic E-state index is 6.32. The third kappa shape index (κ3) is 2.51. The van der Waals surface area contributed by atoms with E-state index in [-0.39, 0.29) is 11.6 Å². The van der Waals surface area contributed by atoms with E-state index in [1.165, 1.54) is 5.56 Å². The fraction of sp³-hybridized carbons (Fsp3) is 0.533. The summed E-state index contributed by atoms with van der Waals surface area (Å²) >= 11 is 0. The maximum atomic E-state index is 6.32. The van der Waals surface area contributed by atoms with Gasteiger partial charge in [-0.05, 0) is 52.6 Å². The van der Waals surface area contributed by atoms with Crippen molar-refractivity contribution in [3.8, 4) is 0 Å². The van der Waals surface area contributed by atoms with Crippen LogP contribution in [0, 0.1) is 6.92 Å². The lowest BCUT2D eigenvalue weighted by Gasteiger charge is -2.36. The second-order valence-corrected chi connectivity index (χ2v) is 6.15. The fourth-order valence-electron chi connectivity index (χ4n) is 2.90. The van der Waals surface area contributed by atoms with Crippen LogP contribution in [0.4, 0.5) is 0 Å². The summed E-state index contributed by atoms with van der Waals surface area (Å²) < 4.78 is 2.11. The van der Waals surface area contributed by atoms with Crippen LogP contribution < -0.4 is 5.73 Å². The summed E-state index contributed by atoms with van der Waals surface area (Å²) in [5, 5.41) is 0. The second-order valence-electron chi connectivity index (χ2n) is 6.15. The molecule has 0 spiro atoms. The van der Waals surface area contributed by atoms with Crippen molar-refractivity contribution < 1.29 is 0 Å². The van der Waals surface area contributed by atoms with Crippen LogP contribution >= 0.6 is 0 Å². The molecular weight excluding hydrogens is 236 g/mol. The summed E-state index contributed by atoms with van der Waals surface area (Å²) in [6, 6.07) is 6.61. The number of hydrogen-bond donors (Lipinski definition) is 1. The summed E-state index contributed by atoms with van der Waals surface area (Å²) in [5.74, 6) is 1.03. The molecule has 104 valence electrons. The van der Waals surface area contributed by atoms with Gasteiger partial charge in [0.15, 0.2) is 0 Å². The molecule has 1 heterocycles. The first-order valence-electron chi connectivity index (χ1n) is 6.60. The predicted molar refractivity (Wildman–Crippen MR) is 80.1 cm³/mol. The SMILES string of the molecule is Cc1nc2cc(C(N(C)C)C(C)(C)N)ccc2n1C. The zero-order chi connectivity index (χ0) is 14.4. The number of nitrogens with two attached hydrogens (primary N) is 1. The highest BCUT2D eigenvalue weighted by Crippen LogP contribution is 2.30. The quantitative estimate of drug-likeness (QED) is 0.920. The standard InChI is InChI=1S/C15H24N4/c1-10-17-12-9-11(7-8-13(12)19(10)6)14(18(4)5)15(2,3)16/h7-9,14H,16H2,1-6H3. The van der Waals surface area contributed by atoms with Crippen LogP contribution in [0.5, 0.6) is 0 Å². The number of fused-ring (bicyclic) bond motifs is 1. The molecule has 0 aliphatic heterocycles. The van der Waals surface area contributed by atoms with Crippen molar-refractivity contribution in [2.75, 3.05) is 14.1 Å². The molecule has 0 saturated carbocycles. The van der Waals surface area contributed by atoms with Gasteiger partial charge in [-0.1, -0.05) is 6.07 Å². The van der Waals surface area contributed by atoms with E-state index in [0.717, 1.165) is 16.9 Å². The van der Waals surface area contributed by atoms with Gasteiger partial charge in [-0.2, -0.15) is 0 Å². The highest BCUT2D eigenvalue weighted by Gasteiger charge is 2.29. The van der Waals surface area contributed by atoms with Crippen LogP contribution in [-0.2, 0) is 7.05 Å². The third-order valence-corrected chi connectivity index (χ3v) is 3.67. The maximum Gasteiger partial charge on any atom is 0.106 e. The van der Waals surface area contributed by atoms with E-state index in [1.54, 1.807) is 0 Å². The summed E-state index contributed by atoms with van der Waals surface area (Å²) in [6.45, 7) is 6.15.